The number of carboxylic acids is 1. The monoisotopic (exact) mass is 422 g/mol. The number of nitrogens with zero attached hydrogens (tertiary/aromatic N) is 2. The molecule has 0 aliphatic carbocycles. The van der Waals surface area contributed by atoms with Crippen molar-refractivity contribution in [2.75, 3.05) is 33.2 Å². The Morgan fingerprint density at radius 1 is 1.29 bits per heavy atom. The second-order valence-electron chi connectivity index (χ2n) is 6.81. The summed E-state index contributed by atoms with van der Waals surface area (Å²) in [4.78, 5) is 37.3. The zero-order chi connectivity index (χ0) is 21.5. The van der Waals surface area contributed by atoms with E-state index in [0.29, 0.717) is 10.4 Å². The van der Waals surface area contributed by atoms with Crippen LogP contribution >= 0.6 is 11.3 Å². The van der Waals surface area contributed by atoms with Crippen molar-refractivity contribution in [3.63, 3.8) is 0 Å². The number of halogens is 3. The molecule has 0 radical (unpaired) electrons. The van der Waals surface area contributed by atoms with Gasteiger partial charge in [0.25, 0.3) is 5.91 Å². The molecule has 1 saturated heterocycles. The smallest absolute Gasteiger partial charge is 0.475 e. The third-order valence-electron chi connectivity index (χ3n) is 4.41. The summed E-state index contributed by atoms with van der Waals surface area (Å²) in [6.07, 6.45) is -2.58. The Bertz CT molecular complexity index is 683. The normalized spacial score (nSPS) is 15.5. The number of rotatable bonds is 5. The molecule has 0 unspecified atom stereocenters. The van der Waals surface area contributed by atoms with Crippen LogP contribution < -0.4 is 0 Å². The molecule has 1 fully saturated rings. The SMILES string of the molecule is CC(=O)c1cc(C(=O)N(C)CCN2CCC(C)CC2)cs1.O=C(O)C(F)(F)F. The first-order valence-electron chi connectivity index (χ1n) is 8.79. The molecule has 2 rings (SSSR count). The molecule has 158 valence electrons. The van der Waals surface area contributed by atoms with Crippen LogP contribution in [0.1, 0.15) is 46.7 Å². The largest absolute Gasteiger partial charge is 0.490 e. The lowest BCUT2D eigenvalue weighted by atomic mass is 9.99. The summed E-state index contributed by atoms with van der Waals surface area (Å²) in [5.74, 6) is -1.91. The highest BCUT2D eigenvalue weighted by atomic mass is 32.1. The van der Waals surface area contributed by atoms with Gasteiger partial charge >= 0.3 is 12.1 Å². The van der Waals surface area contributed by atoms with E-state index in [-0.39, 0.29) is 11.7 Å². The van der Waals surface area contributed by atoms with Crippen molar-refractivity contribution < 1.29 is 32.7 Å². The minimum Gasteiger partial charge on any atom is -0.475 e. The summed E-state index contributed by atoms with van der Waals surface area (Å²) in [7, 11) is 1.83. The van der Waals surface area contributed by atoms with E-state index in [1.54, 1.807) is 16.3 Å². The molecular weight excluding hydrogens is 397 g/mol. The highest BCUT2D eigenvalue weighted by molar-refractivity contribution is 7.12. The molecule has 1 aromatic rings. The Balaban J connectivity index is 0.000000480. The molecule has 0 aromatic carbocycles. The molecule has 0 spiro atoms. The quantitative estimate of drug-likeness (QED) is 0.736. The van der Waals surface area contributed by atoms with Gasteiger partial charge < -0.3 is 14.9 Å². The molecule has 0 saturated carbocycles. The van der Waals surface area contributed by atoms with E-state index in [0.717, 1.165) is 32.1 Å². The average molecular weight is 422 g/mol. The van der Waals surface area contributed by atoms with Crippen LogP contribution in [0.15, 0.2) is 11.4 Å². The Hall–Kier alpha value is -1.94. The van der Waals surface area contributed by atoms with Gasteiger partial charge in [-0.2, -0.15) is 13.2 Å². The van der Waals surface area contributed by atoms with Crippen LogP contribution in [0, 0.1) is 5.92 Å². The first-order chi connectivity index (χ1) is 12.9. The fraction of sp³-hybridized carbons (Fsp3) is 0.611. The fourth-order valence-electron chi connectivity index (χ4n) is 2.53. The molecule has 0 atom stereocenters. The predicted octanol–water partition coefficient (Wildman–Crippen LogP) is 3.39. The van der Waals surface area contributed by atoms with E-state index >= 15 is 0 Å². The number of ketones is 1. The predicted molar refractivity (Wildman–Crippen MR) is 99.8 cm³/mol. The lowest BCUT2D eigenvalue weighted by Gasteiger charge is -2.31. The van der Waals surface area contributed by atoms with Gasteiger partial charge in [0.05, 0.1) is 10.4 Å². The number of likely N-dealkylation sites (tertiary alicyclic amines) is 1. The van der Waals surface area contributed by atoms with Crippen molar-refractivity contribution in [1.82, 2.24) is 9.80 Å². The third kappa shape index (κ3) is 7.97. The zero-order valence-electron chi connectivity index (χ0n) is 16.1. The Morgan fingerprint density at radius 2 is 1.82 bits per heavy atom. The number of thiophene rings is 1. The topological polar surface area (TPSA) is 77.9 Å². The molecule has 1 amide bonds. The van der Waals surface area contributed by atoms with E-state index < -0.39 is 12.1 Å². The zero-order valence-corrected chi connectivity index (χ0v) is 16.9. The maximum absolute atomic E-state index is 12.3. The summed E-state index contributed by atoms with van der Waals surface area (Å²) >= 11 is 1.34. The van der Waals surface area contributed by atoms with Gasteiger partial charge in [-0.3, -0.25) is 9.59 Å². The lowest BCUT2D eigenvalue weighted by Crippen LogP contribution is -2.39. The Labute approximate surface area is 165 Å². The van der Waals surface area contributed by atoms with Gasteiger partial charge in [0.15, 0.2) is 5.78 Å². The number of alkyl halides is 3. The van der Waals surface area contributed by atoms with Gasteiger partial charge in [-0.05, 0) is 44.8 Å². The Morgan fingerprint density at radius 3 is 2.25 bits per heavy atom. The van der Waals surface area contributed by atoms with E-state index in [4.69, 9.17) is 9.90 Å². The van der Waals surface area contributed by atoms with Gasteiger partial charge in [0.1, 0.15) is 0 Å². The first-order valence-corrected chi connectivity index (χ1v) is 9.67. The summed E-state index contributed by atoms with van der Waals surface area (Å²) in [5, 5.41) is 8.90. The molecule has 1 N–H and O–H groups in total. The van der Waals surface area contributed by atoms with Gasteiger partial charge in [-0.25, -0.2) is 4.79 Å². The van der Waals surface area contributed by atoms with Crippen molar-refractivity contribution in [2.24, 2.45) is 5.92 Å². The van der Waals surface area contributed by atoms with Crippen molar-refractivity contribution >= 4 is 29.0 Å². The second-order valence-corrected chi connectivity index (χ2v) is 7.72. The van der Waals surface area contributed by atoms with E-state index in [2.05, 4.69) is 11.8 Å². The summed E-state index contributed by atoms with van der Waals surface area (Å²) < 4.78 is 31.7. The van der Waals surface area contributed by atoms with Crippen molar-refractivity contribution in [1.29, 1.82) is 0 Å². The number of aliphatic carboxylic acids is 1. The van der Waals surface area contributed by atoms with Crippen molar-refractivity contribution in [3.05, 3.63) is 21.9 Å². The van der Waals surface area contributed by atoms with Crippen molar-refractivity contribution in [2.45, 2.75) is 32.9 Å². The number of Topliss-reactive ketones (excluding diaryl/α,β-unsaturated/α-hetero) is 1. The third-order valence-corrected chi connectivity index (χ3v) is 5.44. The number of carbonyl (C=O) groups excluding carboxylic acids is 2. The summed E-state index contributed by atoms with van der Waals surface area (Å²) in [6.45, 7) is 7.76. The number of likely N-dealkylation sites (N-methyl/N-ethyl adjacent to an activating group) is 1. The first kappa shape index (κ1) is 24.1. The van der Waals surface area contributed by atoms with Crippen LogP contribution in [0.4, 0.5) is 13.2 Å². The van der Waals surface area contributed by atoms with E-state index in [1.807, 2.05) is 7.05 Å². The molecule has 1 aliphatic heterocycles. The molecule has 2 heterocycles. The molecular formula is C18H25F3N2O4S. The lowest BCUT2D eigenvalue weighted by molar-refractivity contribution is -0.192. The highest BCUT2D eigenvalue weighted by Crippen LogP contribution is 2.18. The number of piperidine rings is 1. The number of hydrogen-bond acceptors (Lipinski definition) is 5. The number of amides is 1. The van der Waals surface area contributed by atoms with Crippen LogP contribution in [0.5, 0.6) is 0 Å². The maximum atomic E-state index is 12.3. The number of carboxylic acid groups (broad SMARTS) is 1. The van der Waals surface area contributed by atoms with Crippen LogP contribution in [0.2, 0.25) is 0 Å². The van der Waals surface area contributed by atoms with Crippen LogP contribution in [0.3, 0.4) is 0 Å². The molecule has 6 nitrogen and oxygen atoms in total. The number of carbonyl (C=O) groups is 3. The van der Waals surface area contributed by atoms with Gasteiger partial charge in [0.2, 0.25) is 0 Å². The molecule has 10 heteroatoms. The molecule has 28 heavy (non-hydrogen) atoms. The summed E-state index contributed by atoms with van der Waals surface area (Å²) in [5.41, 5.74) is 0.625. The minimum absolute atomic E-state index is 0.00382. The van der Waals surface area contributed by atoms with Crippen LogP contribution in [-0.4, -0.2) is 72.0 Å². The van der Waals surface area contributed by atoms with Gasteiger partial charge in [-0.1, -0.05) is 6.92 Å². The number of hydrogen-bond donors (Lipinski definition) is 1. The van der Waals surface area contributed by atoms with Gasteiger partial charge in [0, 0.05) is 25.5 Å². The van der Waals surface area contributed by atoms with E-state index in [9.17, 15) is 22.8 Å². The van der Waals surface area contributed by atoms with Crippen LogP contribution in [0.25, 0.3) is 0 Å². The van der Waals surface area contributed by atoms with Gasteiger partial charge in [-0.15, -0.1) is 11.3 Å². The second kappa shape index (κ2) is 10.6. The highest BCUT2D eigenvalue weighted by Gasteiger charge is 2.38. The molecule has 1 aromatic heterocycles. The molecule has 1 aliphatic rings. The van der Waals surface area contributed by atoms with E-state index in [1.165, 1.54) is 31.1 Å². The fourth-order valence-corrected chi connectivity index (χ4v) is 3.32. The maximum Gasteiger partial charge on any atom is 0.490 e. The molecule has 0 bridgehead atoms. The van der Waals surface area contributed by atoms with Crippen molar-refractivity contribution in [3.8, 4) is 0 Å². The average Bonchev–Trinajstić information content (AvgIpc) is 3.10. The Kier molecular flexibility index (Phi) is 9.09. The summed E-state index contributed by atoms with van der Waals surface area (Å²) in [6, 6.07) is 1.70. The minimum atomic E-state index is -5.08. The standard InChI is InChI=1S/C16H24N2O2S.C2HF3O2/c1-12-4-6-18(7-5-12)9-8-17(3)16(20)14-10-15(13(2)19)21-11-14;3-2(4,5)1(6)7/h10-12H,4-9H2,1-3H3;(H,6,7). The van der Waals surface area contributed by atoms with Crippen LogP contribution in [-0.2, 0) is 4.79 Å².